The summed E-state index contributed by atoms with van der Waals surface area (Å²) in [5.41, 5.74) is 1.78. The number of fused-ring (bicyclic) bond motifs is 1. The van der Waals surface area contributed by atoms with Crippen molar-refractivity contribution < 1.29 is 4.39 Å². The largest absolute Gasteiger partial charge is 0.356 e. The molecule has 0 spiro atoms. The highest BCUT2D eigenvalue weighted by atomic mass is 127. The van der Waals surface area contributed by atoms with Gasteiger partial charge in [0.1, 0.15) is 17.5 Å². The molecule has 1 aliphatic heterocycles. The Kier molecular flexibility index (Phi) is 7.40. The van der Waals surface area contributed by atoms with Crippen LogP contribution >= 0.6 is 24.0 Å². The van der Waals surface area contributed by atoms with Gasteiger partial charge >= 0.3 is 0 Å². The predicted octanol–water partition coefficient (Wildman–Crippen LogP) is 2.77. The van der Waals surface area contributed by atoms with Gasteiger partial charge in [-0.3, -0.25) is 4.99 Å². The number of nitrogens with one attached hydrogen (secondary N) is 2. The molecular weight excluding hydrogens is 498 g/mol. The van der Waals surface area contributed by atoms with E-state index in [4.69, 9.17) is 0 Å². The lowest BCUT2D eigenvalue weighted by Gasteiger charge is -2.24. The molecule has 1 unspecified atom stereocenters. The standard InChI is InChI=1S/C20H25FN8.HI/c1-14-24-19-18(4-3-12-29(19)26-14)25-20(22-2)23-11-9-16-10-13-28(27-16)17-7-5-15(21)6-8-17;/h5-8,10,13,18H,3-4,9,11-12H2,1-2H3,(H2,22,23,25);1H. The number of rotatable bonds is 5. The average Bonchev–Trinajstić information content (AvgIpc) is 3.34. The second-order valence-electron chi connectivity index (χ2n) is 7.06. The third-order valence-electron chi connectivity index (χ3n) is 4.92. The Morgan fingerprint density at radius 1 is 1.23 bits per heavy atom. The van der Waals surface area contributed by atoms with Crippen LogP contribution in [0.1, 0.15) is 36.2 Å². The Bertz CT molecular complexity index is 995. The Hall–Kier alpha value is -2.50. The lowest BCUT2D eigenvalue weighted by atomic mass is 10.1. The molecule has 0 amide bonds. The SMILES string of the molecule is CN=C(NCCc1ccn(-c2ccc(F)cc2)n1)NC1CCCn2nc(C)nc21.I. The van der Waals surface area contributed by atoms with Crippen LogP contribution < -0.4 is 10.6 Å². The van der Waals surface area contributed by atoms with Gasteiger partial charge in [-0.05, 0) is 50.1 Å². The summed E-state index contributed by atoms with van der Waals surface area (Å²) in [6.45, 7) is 3.52. The minimum absolute atomic E-state index is 0. The number of halogens is 2. The van der Waals surface area contributed by atoms with Crippen LogP contribution in [-0.4, -0.2) is 44.1 Å². The van der Waals surface area contributed by atoms with E-state index in [0.717, 1.165) is 54.8 Å². The first-order valence-corrected chi connectivity index (χ1v) is 9.81. The van der Waals surface area contributed by atoms with E-state index in [9.17, 15) is 4.39 Å². The van der Waals surface area contributed by atoms with E-state index >= 15 is 0 Å². The molecular formula is C20H26FIN8. The summed E-state index contributed by atoms with van der Waals surface area (Å²) in [5, 5.41) is 15.8. The third-order valence-corrected chi connectivity index (χ3v) is 4.92. The summed E-state index contributed by atoms with van der Waals surface area (Å²) >= 11 is 0. The van der Waals surface area contributed by atoms with Crippen molar-refractivity contribution >= 4 is 29.9 Å². The van der Waals surface area contributed by atoms with Crippen LogP contribution in [0, 0.1) is 12.7 Å². The van der Waals surface area contributed by atoms with Gasteiger partial charge in [-0.1, -0.05) is 0 Å². The highest BCUT2D eigenvalue weighted by Crippen LogP contribution is 2.22. The van der Waals surface area contributed by atoms with Crippen molar-refractivity contribution in [1.82, 2.24) is 35.2 Å². The lowest BCUT2D eigenvalue weighted by Crippen LogP contribution is -2.42. The highest BCUT2D eigenvalue weighted by Gasteiger charge is 2.24. The monoisotopic (exact) mass is 524 g/mol. The molecule has 30 heavy (non-hydrogen) atoms. The fourth-order valence-corrected chi connectivity index (χ4v) is 3.51. The van der Waals surface area contributed by atoms with Crippen molar-refractivity contribution in [1.29, 1.82) is 0 Å². The van der Waals surface area contributed by atoms with Crippen LogP contribution in [0.4, 0.5) is 4.39 Å². The van der Waals surface area contributed by atoms with Gasteiger partial charge in [-0.2, -0.15) is 10.2 Å². The van der Waals surface area contributed by atoms with E-state index in [1.807, 2.05) is 23.9 Å². The lowest BCUT2D eigenvalue weighted by molar-refractivity contribution is 0.398. The summed E-state index contributed by atoms with van der Waals surface area (Å²) in [4.78, 5) is 8.89. The van der Waals surface area contributed by atoms with Gasteiger partial charge in [0.2, 0.25) is 0 Å². The molecule has 2 N–H and O–H groups in total. The van der Waals surface area contributed by atoms with Gasteiger partial charge < -0.3 is 10.6 Å². The summed E-state index contributed by atoms with van der Waals surface area (Å²) in [7, 11) is 1.76. The second kappa shape index (κ2) is 10.0. The average molecular weight is 524 g/mol. The van der Waals surface area contributed by atoms with Crippen molar-refractivity contribution in [2.24, 2.45) is 4.99 Å². The van der Waals surface area contributed by atoms with Crippen LogP contribution in [0.25, 0.3) is 5.69 Å². The van der Waals surface area contributed by atoms with Crippen LogP contribution in [0.15, 0.2) is 41.5 Å². The Morgan fingerprint density at radius 2 is 2.03 bits per heavy atom. The van der Waals surface area contributed by atoms with Crippen molar-refractivity contribution in [3.05, 3.63) is 59.7 Å². The minimum atomic E-state index is -0.254. The van der Waals surface area contributed by atoms with Gasteiger partial charge in [-0.25, -0.2) is 18.7 Å². The molecule has 3 aromatic rings. The zero-order chi connectivity index (χ0) is 20.2. The van der Waals surface area contributed by atoms with Crippen molar-refractivity contribution in [3.8, 4) is 5.69 Å². The number of hydrogen-bond acceptors (Lipinski definition) is 4. The van der Waals surface area contributed by atoms with E-state index in [2.05, 4.69) is 30.8 Å². The number of nitrogens with zero attached hydrogens (tertiary/aromatic N) is 6. The topological polar surface area (TPSA) is 85.0 Å². The molecule has 0 bridgehead atoms. The van der Waals surface area contributed by atoms with Crippen LogP contribution in [0.2, 0.25) is 0 Å². The van der Waals surface area contributed by atoms with Crippen molar-refractivity contribution in [2.75, 3.05) is 13.6 Å². The van der Waals surface area contributed by atoms with Crippen molar-refractivity contribution in [2.45, 2.75) is 38.8 Å². The molecule has 8 nitrogen and oxygen atoms in total. The normalized spacial score (nSPS) is 16.0. The van der Waals surface area contributed by atoms with E-state index in [-0.39, 0.29) is 35.8 Å². The summed E-state index contributed by atoms with van der Waals surface area (Å²) in [6, 6.07) is 8.35. The molecule has 10 heteroatoms. The molecule has 0 fully saturated rings. The molecule has 1 aromatic carbocycles. The van der Waals surface area contributed by atoms with E-state index in [0.29, 0.717) is 6.54 Å². The minimum Gasteiger partial charge on any atom is -0.356 e. The highest BCUT2D eigenvalue weighted by molar-refractivity contribution is 14.0. The first kappa shape index (κ1) is 22.2. The maximum absolute atomic E-state index is 13.1. The second-order valence-corrected chi connectivity index (χ2v) is 7.06. The van der Waals surface area contributed by atoms with Crippen LogP contribution in [0.5, 0.6) is 0 Å². The van der Waals surface area contributed by atoms with Gasteiger partial charge in [-0.15, -0.1) is 24.0 Å². The fraction of sp³-hybridized carbons (Fsp3) is 0.400. The third kappa shape index (κ3) is 5.15. The van der Waals surface area contributed by atoms with E-state index in [1.54, 1.807) is 23.9 Å². The molecule has 1 atom stereocenters. The molecule has 0 saturated heterocycles. The zero-order valence-electron chi connectivity index (χ0n) is 17.0. The fourth-order valence-electron chi connectivity index (χ4n) is 3.51. The van der Waals surface area contributed by atoms with Crippen molar-refractivity contribution in [3.63, 3.8) is 0 Å². The van der Waals surface area contributed by atoms with E-state index in [1.165, 1.54) is 12.1 Å². The molecule has 0 aliphatic carbocycles. The molecule has 1 aliphatic rings. The number of benzene rings is 1. The predicted molar refractivity (Wildman–Crippen MR) is 124 cm³/mol. The molecule has 2 aromatic heterocycles. The molecule has 4 rings (SSSR count). The maximum atomic E-state index is 13.1. The summed E-state index contributed by atoms with van der Waals surface area (Å²) in [6.07, 6.45) is 4.69. The number of aryl methyl sites for hydroxylation is 2. The van der Waals surface area contributed by atoms with E-state index < -0.39 is 0 Å². The Balaban J connectivity index is 0.00000256. The smallest absolute Gasteiger partial charge is 0.191 e. The van der Waals surface area contributed by atoms with Gasteiger partial charge in [0, 0.05) is 32.8 Å². The number of aliphatic imine (C=N–C) groups is 1. The number of guanidine groups is 1. The van der Waals surface area contributed by atoms with Gasteiger partial charge in [0.15, 0.2) is 5.96 Å². The summed E-state index contributed by atoms with van der Waals surface area (Å²) < 4.78 is 16.8. The van der Waals surface area contributed by atoms with Crippen LogP contribution in [-0.2, 0) is 13.0 Å². The van der Waals surface area contributed by atoms with Gasteiger partial charge in [0.25, 0.3) is 0 Å². The molecule has 0 radical (unpaired) electrons. The van der Waals surface area contributed by atoms with Gasteiger partial charge in [0.05, 0.1) is 17.4 Å². The first-order valence-electron chi connectivity index (χ1n) is 9.81. The zero-order valence-corrected chi connectivity index (χ0v) is 19.4. The first-order chi connectivity index (χ1) is 14.1. The maximum Gasteiger partial charge on any atom is 0.191 e. The molecule has 0 saturated carbocycles. The Morgan fingerprint density at radius 3 is 2.80 bits per heavy atom. The molecule has 3 heterocycles. The number of hydrogen-bond donors (Lipinski definition) is 2. The molecule has 160 valence electrons. The quantitative estimate of drug-likeness (QED) is 0.305. The number of aromatic nitrogens is 5. The Labute approximate surface area is 192 Å². The van der Waals surface area contributed by atoms with Crippen LogP contribution in [0.3, 0.4) is 0 Å². The summed E-state index contributed by atoms with van der Waals surface area (Å²) in [5.74, 6) is 2.25.